The van der Waals surface area contributed by atoms with E-state index in [0.717, 1.165) is 38.0 Å². The predicted octanol–water partition coefficient (Wildman–Crippen LogP) is 7.86. The Morgan fingerprint density at radius 3 is 1.22 bits per heavy atom. The number of benzene rings is 2. The van der Waals surface area contributed by atoms with Gasteiger partial charge in [-0.25, -0.2) is 0 Å². The summed E-state index contributed by atoms with van der Waals surface area (Å²) in [4.78, 5) is 0. The van der Waals surface area contributed by atoms with E-state index in [4.69, 9.17) is 14.2 Å². The van der Waals surface area contributed by atoms with E-state index in [9.17, 15) is 0 Å². The van der Waals surface area contributed by atoms with Gasteiger partial charge in [0.15, 0.2) is 0 Å². The zero-order valence-corrected chi connectivity index (χ0v) is 23.0. The first-order chi connectivity index (χ1) is 12.8. The molecule has 4 unspecified atom stereocenters. The second-order valence-corrected chi connectivity index (χ2v) is 11.5. The number of hydrogen-bond donors (Lipinski definition) is 0. The molecule has 2 aliphatic heterocycles. The van der Waals surface area contributed by atoms with Crippen LogP contribution in [0.4, 0.5) is 0 Å². The zero-order chi connectivity index (χ0) is 19.3. The van der Waals surface area contributed by atoms with Crippen molar-refractivity contribution in [3.05, 3.63) is 62.2 Å². The van der Waals surface area contributed by atoms with Crippen LogP contribution in [-0.2, 0) is 14.2 Å². The smallest absolute Gasteiger partial charge is 0.114 e. The number of hydrogen-bond acceptors (Lipinski definition) is 3. The van der Waals surface area contributed by atoms with Crippen LogP contribution < -0.4 is 0 Å². The van der Waals surface area contributed by atoms with Crippen LogP contribution in [0.2, 0.25) is 0 Å². The molecule has 4 atom stereocenters. The molecule has 4 rings (SSSR count). The topological polar surface area (TPSA) is 34.3 Å². The summed E-state index contributed by atoms with van der Waals surface area (Å²) in [6.07, 6.45) is -0.405. The molecule has 27 heavy (non-hydrogen) atoms. The van der Waals surface area contributed by atoms with Gasteiger partial charge in [0.05, 0.1) is 13.2 Å². The quantitative estimate of drug-likeness (QED) is 0.282. The van der Waals surface area contributed by atoms with E-state index in [2.05, 4.69) is 95.6 Å². The normalized spacial score (nSPS) is 23.2. The highest BCUT2D eigenvalue weighted by molar-refractivity contribution is 9.12. The average molecular weight is 756 g/mol. The summed E-state index contributed by atoms with van der Waals surface area (Å²) in [5.74, 6) is 0. The van der Waals surface area contributed by atoms with Gasteiger partial charge in [-0.2, -0.15) is 0 Å². The van der Waals surface area contributed by atoms with E-state index in [1.807, 2.05) is 24.3 Å². The van der Waals surface area contributed by atoms with E-state index in [1.54, 1.807) is 0 Å². The molecule has 0 N–H and O–H groups in total. The third kappa shape index (κ3) is 4.93. The minimum absolute atomic E-state index is 0.0213. The van der Waals surface area contributed by atoms with Crippen molar-refractivity contribution in [2.75, 3.05) is 13.2 Å². The largest absolute Gasteiger partial charge is 0.370 e. The van der Waals surface area contributed by atoms with Gasteiger partial charge in [-0.05, 0) is 24.3 Å². The molecule has 144 valence electrons. The van der Waals surface area contributed by atoms with E-state index in [1.165, 1.54) is 0 Å². The Kier molecular flexibility index (Phi) is 6.94. The van der Waals surface area contributed by atoms with Gasteiger partial charge in [-0.15, -0.1) is 0 Å². The fourth-order valence-electron chi connectivity index (χ4n) is 2.95. The van der Waals surface area contributed by atoms with Crippen molar-refractivity contribution in [2.45, 2.75) is 24.4 Å². The summed E-state index contributed by atoms with van der Waals surface area (Å²) in [5, 5.41) is 0. The molecule has 2 aliphatic rings. The minimum atomic E-state index is -0.224. The summed E-state index contributed by atoms with van der Waals surface area (Å²) < 4.78 is 23.8. The molecule has 2 fully saturated rings. The van der Waals surface area contributed by atoms with Crippen LogP contribution in [-0.4, -0.2) is 25.4 Å². The van der Waals surface area contributed by atoms with Crippen molar-refractivity contribution in [1.29, 1.82) is 0 Å². The molecular weight excluding hydrogens is 744 g/mol. The first kappa shape index (κ1) is 21.4. The molecule has 0 saturated carbocycles. The molecule has 2 heterocycles. The van der Waals surface area contributed by atoms with Crippen molar-refractivity contribution in [1.82, 2.24) is 0 Å². The molecule has 0 aromatic heterocycles. The van der Waals surface area contributed by atoms with Crippen LogP contribution in [0.1, 0.15) is 23.3 Å². The summed E-state index contributed by atoms with van der Waals surface area (Å²) in [6, 6.07) is 8.08. The first-order valence-electron chi connectivity index (χ1n) is 8.02. The third-order valence-electron chi connectivity index (χ3n) is 4.34. The maximum Gasteiger partial charge on any atom is 0.114 e. The van der Waals surface area contributed by atoms with Crippen molar-refractivity contribution in [2.24, 2.45) is 0 Å². The fourth-order valence-corrected chi connectivity index (χ4v) is 8.37. The summed E-state index contributed by atoms with van der Waals surface area (Å²) >= 11 is 21.8. The molecule has 0 aliphatic carbocycles. The maximum atomic E-state index is 6.67. The van der Waals surface area contributed by atoms with Gasteiger partial charge in [0.2, 0.25) is 0 Å². The molecule has 0 bridgehead atoms. The Morgan fingerprint density at radius 2 is 0.963 bits per heavy atom. The van der Waals surface area contributed by atoms with Crippen LogP contribution in [0.5, 0.6) is 0 Å². The minimum Gasteiger partial charge on any atom is -0.370 e. The number of rotatable bonds is 6. The molecule has 2 aromatic carbocycles. The molecule has 0 radical (unpaired) electrons. The average Bonchev–Trinajstić information content (AvgIpc) is 3.44. The molecule has 0 spiro atoms. The molecular formula is C18H12Br6O3. The lowest BCUT2D eigenvalue weighted by molar-refractivity contribution is -0.0432. The fraction of sp³-hybridized carbons (Fsp3) is 0.333. The third-order valence-corrected chi connectivity index (χ3v) is 7.88. The van der Waals surface area contributed by atoms with E-state index in [-0.39, 0.29) is 24.4 Å². The van der Waals surface area contributed by atoms with Gasteiger partial charge in [0.25, 0.3) is 0 Å². The summed E-state index contributed by atoms with van der Waals surface area (Å²) in [6.45, 7) is 1.36. The van der Waals surface area contributed by atoms with Gasteiger partial charge in [0.1, 0.15) is 24.4 Å². The van der Waals surface area contributed by atoms with E-state index >= 15 is 0 Å². The van der Waals surface area contributed by atoms with Crippen LogP contribution in [0.15, 0.2) is 51.1 Å². The van der Waals surface area contributed by atoms with Crippen molar-refractivity contribution >= 4 is 95.6 Å². The molecule has 9 heteroatoms. The number of halogens is 6. The van der Waals surface area contributed by atoms with E-state index < -0.39 is 0 Å². The monoisotopic (exact) mass is 750 g/mol. The molecule has 2 saturated heterocycles. The number of ether oxygens (including phenoxy) is 3. The lowest BCUT2D eigenvalue weighted by Crippen LogP contribution is -2.20. The van der Waals surface area contributed by atoms with Gasteiger partial charge in [-0.3, -0.25) is 0 Å². The van der Waals surface area contributed by atoms with Gasteiger partial charge >= 0.3 is 0 Å². The van der Waals surface area contributed by atoms with Gasteiger partial charge in [0, 0.05) is 38.0 Å². The summed E-state index contributed by atoms with van der Waals surface area (Å²) in [5.41, 5.74) is 2.08. The Morgan fingerprint density at radius 1 is 0.667 bits per heavy atom. The Hall–Kier alpha value is 1.20. The van der Waals surface area contributed by atoms with E-state index in [0.29, 0.717) is 13.2 Å². The second-order valence-electron chi connectivity index (χ2n) is 6.29. The Bertz CT molecular complexity index is 764. The second kappa shape index (κ2) is 8.75. The van der Waals surface area contributed by atoms with Crippen LogP contribution >= 0.6 is 95.6 Å². The van der Waals surface area contributed by atoms with Crippen LogP contribution in [0, 0.1) is 0 Å². The van der Waals surface area contributed by atoms with Gasteiger partial charge < -0.3 is 14.2 Å². The van der Waals surface area contributed by atoms with Gasteiger partial charge in [-0.1, -0.05) is 95.6 Å². The molecule has 2 aromatic rings. The Balaban J connectivity index is 1.73. The van der Waals surface area contributed by atoms with Crippen molar-refractivity contribution < 1.29 is 14.2 Å². The van der Waals surface area contributed by atoms with Crippen LogP contribution in [0.3, 0.4) is 0 Å². The first-order valence-corrected chi connectivity index (χ1v) is 12.8. The maximum absolute atomic E-state index is 6.67. The van der Waals surface area contributed by atoms with Crippen LogP contribution in [0.25, 0.3) is 0 Å². The standard InChI is InChI=1S/C18H12Br6O3/c19-7-1-9(21)15(10(22)2-7)17(13-5-25-13)27-18(14-6-26-14)16-11(23)3-8(20)4-12(16)24/h1-4,13-14,17-18H,5-6H2. The zero-order valence-electron chi connectivity index (χ0n) is 13.5. The Labute approximate surface area is 207 Å². The summed E-state index contributed by atoms with van der Waals surface area (Å²) in [7, 11) is 0. The number of epoxide rings is 2. The molecule has 0 amide bonds. The molecule has 3 nitrogen and oxygen atoms in total. The predicted molar refractivity (Wildman–Crippen MR) is 125 cm³/mol. The van der Waals surface area contributed by atoms with Crippen molar-refractivity contribution in [3.63, 3.8) is 0 Å². The lowest BCUT2D eigenvalue weighted by atomic mass is 10.0. The highest BCUT2D eigenvalue weighted by Crippen LogP contribution is 2.48. The lowest BCUT2D eigenvalue weighted by Gasteiger charge is -2.27. The highest BCUT2D eigenvalue weighted by atomic mass is 79.9. The SMILES string of the molecule is Brc1cc(Br)c(C(OC(c2c(Br)cc(Br)cc2Br)C2CO2)C2CO2)c(Br)c1. The highest BCUT2D eigenvalue weighted by Gasteiger charge is 2.44. The van der Waals surface area contributed by atoms with Crippen molar-refractivity contribution in [3.8, 4) is 0 Å².